The SMILES string of the molecule is CN(CC(=O)NC(C)(C)C)C(=O)c1ccc2c(c1)C(=O)N(C)C2=O. The Hall–Kier alpha value is -2.70. The van der Waals surface area contributed by atoms with E-state index < -0.39 is 11.8 Å². The van der Waals surface area contributed by atoms with Gasteiger partial charge in [-0.05, 0) is 39.0 Å². The normalized spacial score (nSPS) is 13.8. The van der Waals surface area contributed by atoms with Crippen molar-refractivity contribution in [3.8, 4) is 0 Å². The largest absolute Gasteiger partial charge is 0.350 e. The Kier molecular flexibility index (Phi) is 4.46. The highest BCUT2D eigenvalue weighted by molar-refractivity contribution is 6.21. The quantitative estimate of drug-likeness (QED) is 0.834. The first-order valence-electron chi connectivity index (χ1n) is 7.54. The van der Waals surface area contributed by atoms with E-state index in [4.69, 9.17) is 0 Å². The Morgan fingerprint density at radius 2 is 1.71 bits per heavy atom. The Balaban J connectivity index is 2.15. The monoisotopic (exact) mass is 331 g/mol. The van der Waals surface area contributed by atoms with Crippen molar-refractivity contribution < 1.29 is 19.2 Å². The first kappa shape index (κ1) is 17.7. The zero-order valence-corrected chi connectivity index (χ0v) is 14.5. The molecule has 24 heavy (non-hydrogen) atoms. The summed E-state index contributed by atoms with van der Waals surface area (Å²) in [4.78, 5) is 50.5. The molecule has 0 saturated carbocycles. The van der Waals surface area contributed by atoms with Crippen LogP contribution in [0.5, 0.6) is 0 Å². The highest BCUT2D eigenvalue weighted by Gasteiger charge is 2.33. The minimum atomic E-state index is -0.433. The average Bonchev–Trinajstić information content (AvgIpc) is 2.69. The summed E-state index contributed by atoms with van der Waals surface area (Å²) < 4.78 is 0. The molecule has 0 unspecified atom stereocenters. The molecule has 1 aliphatic rings. The zero-order chi connectivity index (χ0) is 18.2. The summed E-state index contributed by atoms with van der Waals surface area (Å²) in [6, 6.07) is 4.36. The van der Waals surface area contributed by atoms with E-state index in [0.29, 0.717) is 0 Å². The van der Waals surface area contributed by atoms with Crippen LogP contribution in [0.3, 0.4) is 0 Å². The molecule has 1 aromatic rings. The van der Waals surface area contributed by atoms with Gasteiger partial charge < -0.3 is 10.2 Å². The van der Waals surface area contributed by atoms with Gasteiger partial charge in [0.1, 0.15) is 0 Å². The lowest BCUT2D eigenvalue weighted by atomic mass is 10.0. The highest BCUT2D eigenvalue weighted by atomic mass is 16.2. The second kappa shape index (κ2) is 6.07. The third-order valence-corrected chi connectivity index (χ3v) is 3.58. The number of benzene rings is 1. The number of nitrogens with one attached hydrogen (secondary N) is 1. The van der Waals surface area contributed by atoms with Gasteiger partial charge in [-0.25, -0.2) is 0 Å². The van der Waals surface area contributed by atoms with Crippen molar-refractivity contribution in [2.24, 2.45) is 0 Å². The molecule has 0 atom stereocenters. The van der Waals surface area contributed by atoms with Crippen molar-refractivity contribution in [1.29, 1.82) is 0 Å². The number of hydrogen-bond acceptors (Lipinski definition) is 4. The first-order chi connectivity index (χ1) is 11.0. The van der Waals surface area contributed by atoms with Gasteiger partial charge in [0.15, 0.2) is 0 Å². The van der Waals surface area contributed by atoms with Gasteiger partial charge in [0.2, 0.25) is 5.91 Å². The van der Waals surface area contributed by atoms with Gasteiger partial charge in [0, 0.05) is 25.2 Å². The van der Waals surface area contributed by atoms with E-state index in [1.54, 1.807) is 0 Å². The summed E-state index contributed by atoms with van der Waals surface area (Å²) in [6.45, 7) is 5.46. The smallest absolute Gasteiger partial charge is 0.261 e. The predicted molar refractivity (Wildman–Crippen MR) is 87.7 cm³/mol. The number of carbonyl (C=O) groups is 4. The molecule has 2 rings (SSSR count). The Morgan fingerprint density at radius 3 is 2.29 bits per heavy atom. The van der Waals surface area contributed by atoms with E-state index in [2.05, 4.69) is 5.32 Å². The molecule has 0 spiro atoms. The Labute approximate surface area is 140 Å². The minimum absolute atomic E-state index is 0.0973. The average molecular weight is 331 g/mol. The lowest BCUT2D eigenvalue weighted by Crippen LogP contribution is -2.46. The molecule has 0 radical (unpaired) electrons. The molecular formula is C17H21N3O4. The summed E-state index contributed by atoms with van der Waals surface area (Å²) in [5, 5.41) is 2.78. The van der Waals surface area contributed by atoms with E-state index >= 15 is 0 Å². The molecule has 1 heterocycles. The summed E-state index contributed by atoms with van der Waals surface area (Å²) in [6.07, 6.45) is 0. The van der Waals surface area contributed by atoms with Crippen LogP contribution in [-0.4, -0.2) is 59.6 Å². The number of imide groups is 1. The van der Waals surface area contributed by atoms with Crippen LogP contribution in [0.1, 0.15) is 51.8 Å². The molecule has 7 nitrogen and oxygen atoms in total. The molecule has 7 heteroatoms. The van der Waals surface area contributed by atoms with Crippen molar-refractivity contribution in [3.05, 3.63) is 34.9 Å². The van der Waals surface area contributed by atoms with E-state index in [-0.39, 0.29) is 40.6 Å². The summed E-state index contributed by atoms with van der Waals surface area (Å²) in [5.41, 5.74) is 0.371. The molecule has 0 saturated heterocycles. The number of nitrogens with zero attached hydrogens (tertiary/aromatic N) is 2. The van der Waals surface area contributed by atoms with Crippen LogP contribution in [-0.2, 0) is 4.79 Å². The maximum Gasteiger partial charge on any atom is 0.261 e. The number of fused-ring (bicyclic) bond motifs is 1. The molecule has 128 valence electrons. The maximum atomic E-state index is 12.5. The number of amides is 4. The van der Waals surface area contributed by atoms with Crippen molar-refractivity contribution in [2.75, 3.05) is 20.6 Å². The van der Waals surface area contributed by atoms with Crippen LogP contribution in [0, 0.1) is 0 Å². The molecule has 4 amide bonds. The van der Waals surface area contributed by atoms with Gasteiger partial charge in [-0.15, -0.1) is 0 Å². The fourth-order valence-electron chi connectivity index (χ4n) is 2.46. The molecule has 1 aliphatic heterocycles. The zero-order valence-electron chi connectivity index (χ0n) is 14.5. The molecule has 0 aromatic heterocycles. The Morgan fingerprint density at radius 1 is 1.12 bits per heavy atom. The summed E-state index contributed by atoms with van der Waals surface area (Å²) >= 11 is 0. The van der Waals surface area contributed by atoms with Crippen molar-refractivity contribution in [2.45, 2.75) is 26.3 Å². The summed E-state index contributed by atoms with van der Waals surface area (Å²) in [7, 11) is 2.91. The molecule has 1 N–H and O–H groups in total. The van der Waals surface area contributed by atoms with Crippen molar-refractivity contribution >= 4 is 23.6 Å². The third kappa shape index (κ3) is 3.45. The van der Waals surface area contributed by atoms with Crippen molar-refractivity contribution in [1.82, 2.24) is 15.1 Å². The van der Waals surface area contributed by atoms with Gasteiger partial charge in [-0.2, -0.15) is 0 Å². The topological polar surface area (TPSA) is 86.8 Å². The van der Waals surface area contributed by atoms with Crippen LogP contribution in [0.2, 0.25) is 0 Å². The van der Waals surface area contributed by atoms with Gasteiger partial charge >= 0.3 is 0 Å². The van der Waals surface area contributed by atoms with Gasteiger partial charge in [0.25, 0.3) is 17.7 Å². The van der Waals surface area contributed by atoms with E-state index in [1.165, 1.54) is 37.2 Å². The van der Waals surface area contributed by atoms with Crippen LogP contribution >= 0.6 is 0 Å². The van der Waals surface area contributed by atoms with E-state index in [9.17, 15) is 19.2 Å². The first-order valence-corrected chi connectivity index (χ1v) is 7.54. The molecule has 0 fully saturated rings. The second-order valence-electron chi connectivity index (χ2n) is 6.89. The molecule has 0 aliphatic carbocycles. The predicted octanol–water partition coefficient (Wildman–Crippen LogP) is 0.899. The van der Waals surface area contributed by atoms with Crippen molar-refractivity contribution in [3.63, 3.8) is 0 Å². The van der Waals surface area contributed by atoms with Crippen LogP contribution in [0.15, 0.2) is 18.2 Å². The van der Waals surface area contributed by atoms with E-state index in [1.807, 2.05) is 20.8 Å². The lowest BCUT2D eigenvalue weighted by Gasteiger charge is -2.23. The summed E-state index contributed by atoms with van der Waals surface area (Å²) in [5.74, 6) is -1.48. The molecule has 1 aromatic carbocycles. The van der Waals surface area contributed by atoms with Crippen LogP contribution in [0.25, 0.3) is 0 Å². The Bertz CT molecular complexity index is 734. The number of hydrogen-bond donors (Lipinski definition) is 1. The van der Waals surface area contributed by atoms with E-state index in [0.717, 1.165) is 4.90 Å². The van der Waals surface area contributed by atoms with Gasteiger partial charge in [0.05, 0.1) is 17.7 Å². The highest BCUT2D eigenvalue weighted by Crippen LogP contribution is 2.23. The lowest BCUT2D eigenvalue weighted by molar-refractivity contribution is -0.122. The number of likely N-dealkylation sites (N-methyl/N-ethyl adjacent to an activating group) is 1. The second-order valence-corrected chi connectivity index (χ2v) is 6.89. The fraction of sp³-hybridized carbons (Fsp3) is 0.412. The number of rotatable bonds is 3. The maximum absolute atomic E-state index is 12.5. The number of carbonyl (C=O) groups excluding carboxylic acids is 4. The molecular weight excluding hydrogens is 310 g/mol. The molecule has 0 bridgehead atoms. The van der Waals surface area contributed by atoms with Gasteiger partial charge in [-0.3, -0.25) is 24.1 Å². The van der Waals surface area contributed by atoms with Crippen LogP contribution < -0.4 is 5.32 Å². The van der Waals surface area contributed by atoms with Crippen LogP contribution in [0.4, 0.5) is 0 Å². The fourth-order valence-corrected chi connectivity index (χ4v) is 2.46. The minimum Gasteiger partial charge on any atom is -0.350 e. The standard InChI is InChI=1S/C17H21N3O4/c1-17(2,3)18-13(21)9-19(4)14(22)10-6-7-11-12(8-10)16(24)20(5)15(11)23/h6-8H,9H2,1-5H3,(H,18,21). The van der Waals surface area contributed by atoms with Gasteiger partial charge in [-0.1, -0.05) is 0 Å². The third-order valence-electron chi connectivity index (χ3n) is 3.58.